The van der Waals surface area contributed by atoms with Crippen molar-refractivity contribution in [1.82, 2.24) is 15.1 Å². The molecule has 0 saturated carbocycles. The largest absolute Gasteiger partial charge is 0.508 e. The number of amides is 1. The van der Waals surface area contributed by atoms with E-state index in [1.54, 1.807) is 23.7 Å². The van der Waals surface area contributed by atoms with Gasteiger partial charge in [-0.1, -0.05) is 53.5 Å². The number of phenolic OH excluding ortho intramolecular Hbond substituents is 1. The number of phenols is 1. The van der Waals surface area contributed by atoms with E-state index in [0.29, 0.717) is 34.5 Å². The van der Waals surface area contributed by atoms with Crippen LogP contribution in [0.25, 0.3) is 0 Å². The van der Waals surface area contributed by atoms with Gasteiger partial charge in [-0.3, -0.25) is 4.79 Å². The minimum atomic E-state index is -0.237. The van der Waals surface area contributed by atoms with Crippen LogP contribution < -0.4 is 5.32 Å². The van der Waals surface area contributed by atoms with Gasteiger partial charge in [0.1, 0.15) is 10.9 Å². The maximum atomic E-state index is 12.6. The molecular weight excluding hydrogens is 397 g/mol. The molecule has 2 aromatic carbocycles. The summed E-state index contributed by atoms with van der Waals surface area (Å²) in [6.45, 7) is 2.68. The number of halogens is 2. The van der Waals surface area contributed by atoms with Crippen LogP contribution in [0.3, 0.4) is 0 Å². The zero-order valence-corrected chi connectivity index (χ0v) is 17.0. The van der Waals surface area contributed by atoms with E-state index in [1.165, 1.54) is 0 Å². The summed E-state index contributed by atoms with van der Waals surface area (Å²) in [5.41, 5.74) is 2.95. The van der Waals surface area contributed by atoms with Gasteiger partial charge in [-0.15, -0.1) is 0 Å². The zero-order valence-electron chi connectivity index (χ0n) is 15.5. The van der Waals surface area contributed by atoms with E-state index in [9.17, 15) is 9.90 Å². The number of hydrogen-bond acceptors (Lipinski definition) is 3. The second kappa shape index (κ2) is 9.13. The highest BCUT2D eigenvalue weighted by atomic mass is 35.5. The van der Waals surface area contributed by atoms with E-state index >= 15 is 0 Å². The second-order valence-electron chi connectivity index (χ2n) is 6.53. The van der Waals surface area contributed by atoms with Gasteiger partial charge in [0, 0.05) is 11.6 Å². The van der Waals surface area contributed by atoms with Crippen molar-refractivity contribution in [2.45, 2.75) is 26.3 Å². The Morgan fingerprint density at radius 1 is 1.14 bits per heavy atom. The predicted octanol–water partition coefficient (Wildman–Crippen LogP) is 4.61. The normalized spacial score (nSPS) is 10.8. The van der Waals surface area contributed by atoms with Crippen molar-refractivity contribution >= 4 is 29.1 Å². The van der Waals surface area contributed by atoms with Crippen molar-refractivity contribution in [2.75, 3.05) is 6.54 Å². The lowest BCUT2D eigenvalue weighted by molar-refractivity contribution is 0.0952. The van der Waals surface area contributed by atoms with E-state index in [1.807, 2.05) is 36.4 Å². The van der Waals surface area contributed by atoms with E-state index in [-0.39, 0.29) is 11.7 Å². The van der Waals surface area contributed by atoms with Crippen LogP contribution in [0.1, 0.15) is 33.6 Å². The highest BCUT2D eigenvalue weighted by Crippen LogP contribution is 2.23. The topological polar surface area (TPSA) is 67.2 Å². The molecule has 1 heterocycles. The predicted molar refractivity (Wildman–Crippen MR) is 111 cm³/mol. The van der Waals surface area contributed by atoms with Gasteiger partial charge in [0.2, 0.25) is 0 Å². The molecule has 28 heavy (non-hydrogen) atoms. The van der Waals surface area contributed by atoms with E-state index < -0.39 is 0 Å². The molecule has 0 atom stereocenters. The number of rotatable bonds is 7. The fourth-order valence-electron chi connectivity index (χ4n) is 2.95. The number of carbonyl (C=O) groups excluding carboxylic acids is 1. The molecule has 2 N–H and O–H groups in total. The molecule has 0 spiro atoms. The number of nitrogens with one attached hydrogen (secondary N) is 1. The molecule has 0 saturated heterocycles. The number of aryl methyl sites for hydroxylation is 2. The minimum Gasteiger partial charge on any atom is -0.508 e. The van der Waals surface area contributed by atoms with Crippen LogP contribution in [-0.4, -0.2) is 27.3 Å². The molecule has 3 rings (SSSR count). The average Bonchev–Trinajstić information content (AvgIpc) is 2.95. The fraction of sp³-hybridized carbons (Fsp3) is 0.238. The molecule has 0 unspecified atom stereocenters. The molecule has 146 valence electrons. The molecule has 1 aromatic heterocycles. The van der Waals surface area contributed by atoms with Gasteiger partial charge < -0.3 is 10.4 Å². The summed E-state index contributed by atoms with van der Waals surface area (Å²) >= 11 is 12.6. The van der Waals surface area contributed by atoms with Gasteiger partial charge in [-0.05, 0) is 49.1 Å². The third kappa shape index (κ3) is 4.86. The molecular formula is C21H21Cl2N3O2. The smallest absolute Gasteiger partial charge is 0.256 e. The Balaban J connectivity index is 1.60. The van der Waals surface area contributed by atoms with Gasteiger partial charge in [0.05, 0.1) is 17.8 Å². The first-order valence-corrected chi connectivity index (χ1v) is 9.73. The summed E-state index contributed by atoms with van der Waals surface area (Å²) in [5.74, 6) is 0.00888. The van der Waals surface area contributed by atoms with E-state index in [2.05, 4.69) is 10.4 Å². The maximum absolute atomic E-state index is 12.6. The molecule has 0 aliphatic heterocycles. The molecule has 0 aliphatic carbocycles. The fourth-order valence-corrected chi connectivity index (χ4v) is 3.47. The molecule has 3 aromatic rings. The summed E-state index contributed by atoms with van der Waals surface area (Å²) in [6, 6.07) is 14.5. The summed E-state index contributed by atoms with van der Waals surface area (Å²) in [7, 11) is 0. The van der Waals surface area contributed by atoms with Crippen LogP contribution in [-0.2, 0) is 13.0 Å². The summed E-state index contributed by atoms with van der Waals surface area (Å²) in [6.07, 6.45) is 1.58. The lowest BCUT2D eigenvalue weighted by Crippen LogP contribution is -2.25. The Bertz CT molecular complexity index is 968. The number of carbonyl (C=O) groups is 1. The Hall–Kier alpha value is -2.50. The Kier molecular flexibility index (Phi) is 6.60. The third-order valence-electron chi connectivity index (χ3n) is 4.43. The monoisotopic (exact) mass is 417 g/mol. The van der Waals surface area contributed by atoms with Gasteiger partial charge in [0.25, 0.3) is 5.91 Å². The first-order chi connectivity index (χ1) is 13.5. The molecule has 0 radical (unpaired) electrons. The lowest BCUT2D eigenvalue weighted by Gasteiger charge is -2.07. The van der Waals surface area contributed by atoms with Gasteiger partial charge in [0.15, 0.2) is 0 Å². The molecule has 5 nitrogen and oxygen atoms in total. The average molecular weight is 418 g/mol. The van der Waals surface area contributed by atoms with Crippen LogP contribution in [0.2, 0.25) is 10.2 Å². The Morgan fingerprint density at radius 3 is 2.57 bits per heavy atom. The van der Waals surface area contributed by atoms with Crippen molar-refractivity contribution in [2.24, 2.45) is 0 Å². The highest BCUT2D eigenvalue weighted by molar-refractivity contribution is 6.33. The molecule has 0 aliphatic rings. The molecule has 1 amide bonds. The van der Waals surface area contributed by atoms with Crippen LogP contribution in [0.5, 0.6) is 5.75 Å². The summed E-state index contributed by atoms with van der Waals surface area (Å²) < 4.78 is 1.59. The van der Waals surface area contributed by atoms with E-state index in [4.69, 9.17) is 23.2 Å². The quantitative estimate of drug-likeness (QED) is 0.551. The van der Waals surface area contributed by atoms with Gasteiger partial charge >= 0.3 is 0 Å². The molecule has 7 heteroatoms. The van der Waals surface area contributed by atoms with Crippen molar-refractivity contribution < 1.29 is 9.90 Å². The number of aromatic nitrogens is 2. The summed E-state index contributed by atoms with van der Waals surface area (Å²) in [4.78, 5) is 12.6. The first-order valence-electron chi connectivity index (χ1n) is 8.98. The second-order valence-corrected chi connectivity index (χ2v) is 7.29. The Morgan fingerprint density at radius 2 is 1.86 bits per heavy atom. The van der Waals surface area contributed by atoms with Crippen LogP contribution >= 0.6 is 23.2 Å². The summed E-state index contributed by atoms with van der Waals surface area (Å²) in [5, 5.41) is 17.5. The number of benzene rings is 2. The highest BCUT2D eigenvalue weighted by Gasteiger charge is 2.20. The van der Waals surface area contributed by atoms with Crippen molar-refractivity contribution in [3.05, 3.63) is 81.1 Å². The van der Waals surface area contributed by atoms with Gasteiger partial charge in [-0.25, -0.2) is 4.68 Å². The molecule has 0 bridgehead atoms. The standard InChI is InChI=1S/C21H21Cl2N3O2/c1-14-19(20(23)26(25-14)13-16-6-2-3-7-18(16)22)21(28)24-12-4-5-15-8-10-17(27)11-9-15/h2-3,6-11,27H,4-5,12-13H2,1H3,(H,24,28). The van der Waals surface area contributed by atoms with E-state index in [0.717, 1.165) is 24.0 Å². The van der Waals surface area contributed by atoms with Gasteiger partial charge in [-0.2, -0.15) is 5.10 Å². The van der Waals surface area contributed by atoms with Crippen molar-refractivity contribution in [3.63, 3.8) is 0 Å². The SMILES string of the molecule is Cc1nn(Cc2ccccc2Cl)c(Cl)c1C(=O)NCCCc1ccc(O)cc1. The number of nitrogens with zero attached hydrogens (tertiary/aromatic N) is 2. The minimum absolute atomic E-state index is 0.237. The third-order valence-corrected chi connectivity index (χ3v) is 5.19. The van der Waals surface area contributed by atoms with Crippen LogP contribution in [0.15, 0.2) is 48.5 Å². The number of hydrogen-bond donors (Lipinski definition) is 2. The number of aromatic hydroxyl groups is 1. The Labute approximate surface area is 173 Å². The zero-order chi connectivity index (χ0) is 20.1. The first kappa shape index (κ1) is 20.2. The maximum Gasteiger partial charge on any atom is 0.256 e. The van der Waals surface area contributed by atoms with Crippen LogP contribution in [0.4, 0.5) is 0 Å². The van der Waals surface area contributed by atoms with Crippen molar-refractivity contribution in [1.29, 1.82) is 0 Å². The lowest BCUT2D eigenvalue weighted by atomic mass is 10.1. The van der Waals surface area contributed by atoms with Crippen molar-refractivity contribution in [3.8, 4) is 5.75 Å². The molecule has 0 fully saturated rings. The van der Waals surface area contributed by atoms with Crippen LogP contribution in [0, 0.1) is 6.92 Å².